The summed E-state index contributed by atoms with van der Waals surface area (Å²) in [5, 5.41) is 0. The summed E-state index contributed by atoms with van der Waals surface area (Å²) in [6.07, 6.45) is 0. The van der Waals surface area contributed by atoms with E-state index >= 15 is 0 Å². The van der Waals surface area contributed by atoms with Crippen LogP contribution in [0.2, 0.25) is 0 Å². The fraction of sp³-hybridized carbons (Fsp3) is 0.538. The minimum absolute atomic E-state index is 0.0327. The first kappa shape index (κ1) is 14.2. The zero-order valence-corrected chi connectivity index (χ0v) is 11.5. The Hall–Kier alpha value is -0.870. The molecule has 1 atom stereocenters. The normalized spacial score (nSPS) is 12.2. The van der Waals surface area contributed by atoms with Crippen LogP contribution < -0.4 is 15.2 Å². The highest BCUT2D eigenvalue weighted by Gasteiger charge is 2.09. The Bertz CT molecular complexity index is 342. The van der Waals surface area contributed by atoms with Gasteiger partial charge in [0.15, 0.2) is 0 Å². The van der Waals surface area contributed by atoms with Gasteiger partial charge in [-0.15, -0.1) is 0 Å². The second-order valence-corrected chi connectivity index (χ2v) is 5.13. The zero-order valence-electron chi connectivity index (χ0n) is 10.7. The van der Waals surface area contributed by atoms with Crippen molar-refractivity contribution >= 4 is 11.8 Å². The van der Waals surface area contributed by atoms with Crippen molar-refractivity contribution < 1.29 is 9.47 Å². The summed E-state index contributed by atoms with van der Waals surface area (Å²) in [6.45, 7) is 4.80. The average Bonchev–Trinajstić information content (AvgIpc) is 2.34. The molecule has 0 saturated heterocycles. The first-order valence-electron chi connectivity index (χ1n) is 5.83. The van der Waals surface area contributed by atoms with E-state index in [0.717, 1.165) is 28.6 Å². The molecule has 0 saturated carbocycles. The van der Waals surface area contributed by atoms with Crippen molar-refractivity contribution in [2.24, 2.45) is 5.73 Å². The number of hydrogen-bond donors (Lipinski definition) is 1. The molecule has 0 unspecified atom stereocenters. The molecule has 1 aromatic carbocycles. The molecule has 2 N–H and O–H groups in total. The number of benzene rings is 1. The molecule has 1 rings (SSSR count). The molecule has 0 amide bonds. The molecule has 0 aromatic heterocycles. The highest BCUT2D eigenvalue weighted by atomic mass is 32.2. The minimum atomic E-state index is -0.0327. The first-order valence-corrected chi connectivity index (χ1v) is 6.98. The lowest BCUT2D eigenvalue weighted by Gasteiger charge is -2.15. The summed E-state index contributed by atoms with van der Waals surface area (Å²) in [6, 6.07) is 5.74. The number of methoxy groups -OCH3 is 1. The third kappa shape index (κ3) is 4.48. The van der Waals surface area contributed by atoms with E-state index in [4.69, 9.17) is 15.2 Å². The average molecular weight is 255 g/mol. The van der Waals surface area contributed by atoms with Crippen LogP contribution in [0.5, 0.6) is 11.5 Å². The summed E-state index contributed by atoms with van der Waals surface area (Å²) in [5.74, 6) is 3.73. The maximum absolute atomic E-state index is 5.91. The Morgan fingerprint density at radius 3 is 2.76 bits per heavy atom. The van der Waals surface area contributed by atoms with Crippen LogP contribution in [0.25, 0.3) is 0 Å². The fourth-order valence-corrected chi connectivity index (χ4v) is 1.99. The Morgan fingerprint density at radius 1 is 1.41 bits per heavy atom. The van der Waals surface area contributed by atoms with Crippen molar-refractivity contribution in [3.05, 3.63) is 23.8 Å². The van der Waals surface area contributed by atoms with Gasteiger partial charge in [0.05, 0.1) is 13.7 Å². The molecule has 0 aliphatic carbocycles. The van der Waals surface area contributed by atoms with E-state index in [0.29, 0.717) is 6.61 Å². The predicted octanol–water partition coefficient (Wildman–Crippen LogP) is 2.85. The van der Waals surface area contributed by atoms with Gasteiger partial charge >= 0.3 is 0 Å². The molecule has 0 radical (unpaired) electrons. The van der Waals surface area contributed by atoms with Gasteiger partial charge < -0.3 is 15.2 Å². The highest BCUT2D eigenvalue weighted by Crippen LogP contribution is 2.28. The number of ether oxygens (including phenoxy) is 2. The molecule has 0 bridgehead atoms. The molecule has 0 aliphatic rings. The largest absolute Gasteiger partial charge is 0.497 e. The molecule has 0 fully saturated rings. The van der Waals surface area contributed by atoms with Crippen LogP contribution in [0.3, 0.4) is 0 Å². The maximum Gasteiger partial charge on any atom is 0.127 e. The van der Waals surface area contributed by atoms with Gasteiger partial charge in [-0.1, -0.05) is 13.0 Å². The highest BCUT2D eigenvalue weighted by molar-refractivity contribution is 7.99. The molecule has 3 nitrogen and oxygen atoms in total. The van der Waals surface area contributed by atoms with Crippen molar-refractivity contribution in [1.82, 2.24) is 0 Å². The van der Waals surface area contributed by atoms with Gasteiger partial charge in [0.2, 0.25) is 0 Å². The van der Waals surface area contributed by atoms with E-state index in [1.54, 1.807) is 7.11 Å². The van der Waals surface area contributed by atoms with E-state index in [-0.39, 0.29) is 6.04 Å². The summed E-state index contributed by atoms with van der Waals surface area (Å²) in [4.78, 5) is 0. The fourth-order valence-electron chi connectivity index (χ4n) is 1.50. The van der Waals surface area contributed by atoms with Crippen LogP contribution in [0.4, 0.5) is 0 Å². The van der Waals surface area contributed by atoms with Gasteiger partial charge in [-0.05, 0) is 18.7 Å². The van der Waals surface area contributed by atoms with E-state index in [9.17, 15) is 0 Å². The summed E-state index contributed by atoms with van der Waals surface area (Å²) in [5.41, 5.74) is 6.93. The van der Waals surface area contributed by atoms with Crippen molar-refractivity contribution in [2.45, 2.75) is 19.9 Å². The van der Waals surface area contributed by atoms with Gasteiger partial charge in [0, 0.05) is 23.4 Å². The van der Waals surface area contributed by atoms with Gasteiger partial charge in [-0.25, -0.2) is 0 Å². The van der Waals surface area contributed by atoms with E-state index in [1.807, 2.05) is 36.9 Å². The van der Waals surface area contributed by atoms with Crippen LogP contribution in [0.1, 0.15) is 25.5 Å². The van der Waals surface area contributed by atoms with Crippen LogP contribution in [0.15, 0.2) is 18.2 Å². The summed E-state index contributed by atoms with van der Waals surface area (Å²) in [7, 11) is 1.65. The quantitative estimate of drug-likeness (QED) is 0.761. The number of thioether (sulfide) groups is 1. The summed E-state index contributed by atoms with van der Waals surface area (Å²) >= 11 is 1.86. The molecule has 96 valence electrons. The lowest BCUT2D eigenvalue weighted by atomic mass is 10.1. The van der Waals surface area contributed by atoms with Crippen LogP contribution in [-0.4, -0.2) is 25.2 Å². The smallest absolute Gasteiger partial charge is 0.127 e. The third-order valence-electron chi connectivity index (χ3n) is 2.40. The third-order valence-corrected chi connectivity index (χ3v) is 3.26. The van der Waals surface area contributed by atoms with Crippen molar-refractivity contribution in [2.75, 3.05) is 25.2 Å². The number of rotatable bonds is 7. The molecular weight excluding hydrogens is 234 g/mol. The van der Waals surface area contributed by atoms with E-state index in [1.165, 1.54) is 0 Å². The van der Waals surface area contributed by atoms with E-state index in [2.05, 4.69) is 6.92 Å². The number of nitrogens with two attached hydrogens (primary N) is 1. The molecule has 0 aliphatic heterocycles. The van der Waals surface area contributed by atoms with Gasteiger partial charge in [0.25, 0.3) is 0 Å². The van der Waals surface area contributed by atoms with Crippen LogP contribution in [-0.2, 0) is 0 Å². The van der Waals surface area contributed by atoms with Crippen molar-refractivity contribution in [3.63, 3.8) is 0 Å². The predicted molar refractivity (Wildman–Crippen MR) is 74.1 cm³/mol. The Balaban J connectivity index is 2.71. The summed E-state index contributed by atoms with van der Waals surface area (Å²) < 4.78 is 11.0. The maximum atomic E-state index is 5.91. The van der Waals surface area contributed by atoms with Crippen LogP contribution in [0, 0.1) is 0 Å². The van der Waals surface area contributed by atoms with Gasteiger partial charge in [-0.3, -0.25) is 0 Å². The topological polar surface area (TPSA) is 44.5 Å². The second kappa shape index (κ2) is 7.45. The monoisotopic (exact) mass is 255 g/mol. The van der Waals surface area contributed by atoms with Crippen LogP contribution >= 0.6 is 11.8 Å². The second-order valence-electron chi connectivity index (χ2n) is 3.74. The molecule has 0 spiro atoms. The SMILES string of the molecule is CCSCCOc1cc(OC)ccc1[C@@H](C)N. The zero-order chi connectivity index (χ0) is 12.7. The first-order chi connectivity index (χ1) is 8.19. The molecule has 1 aromatic rings. The molecule has 0 heterocycles. The lowest BCUT2D eigenvalue weighted by molar-refractivity contribution is 0.334. The molecule has 17 heavy (non-hydrogen) atoms. The minimum Gasteiger partial charge on any atom is -0.497 e. The molecule has 4 heteroatoms. The van der Waals surface area contributed by atoms with Gasteiger partial charge in [-0.2, -0.15) is 11.8 Å². The van der Waals surface area contributed by atoms with E-state index < -0.39 is 0 Å². The molecular formula is C13H21NO2S. The Labute approximate surface area is 108 Å². The Morgan fingerprint density at radius 2 is 2.18 bits per heavy atom. The Kier molecular flexibility index (Phi) is 6.22. The van der Waals surface area contributed by atoms with Crippen molar-refractivity contribution in [3.8, 4) is 11.5 Å². The lowest BCUT2D eigenvalue weighted by Crippen LogP contribution is -2.09. The van der Waals surface area contributed by atoms with Crippen molar-refractivity contribution in [1.29, 1.82) is 0 Å². The van der Waals surface area contributed by atoms with Gasteiger partial charge in [0.1, 0.15) is 11.5 Å². The standard InChI is InChI=1S/C13H21NO2S/c1-4-17-8-7-16-13-9-11(15-3)5-6-12(13)10(2)14/h5-6,9-10H,4,7-8,14H2,1-3H3/t10-/m1/s1. The number of hydrogen-bond acceptors (Lipinski definition) is 4.